The Morgan fingerprint density at radius 2 is 1.89 bits per heavy atom. The van der Waals surface area contributed by atoms with Crippen molar-refractivity contribution in [1.82, 2.24) is 5.32 Å². The molecule has 0 aromatic heterocycles. The summed E-state index contributed by atoms with van der Waals surface area (Å²) < 4.78 is 44.5. The molecule has 1 saturated heterocycles. The fourth-order valence-electron chi connectivity index (χ4n) is 3.83. The van der Waals surface area contributed by atoms with Gasteiger partial charge in [0.05, 0.1) is 22.8 Å². The Bertz CT molecular complexity index is 887. The number of hydrogen-bond acceptors (Lipinski definition) is 3. The predicted octanol–water partition coefficient (Wildman–Crippen LogP) is 4.83. The first-order valence-electron chi connectivity index (χ1n) is 8.56. The first kappa shape index (κ1) is 18.0. The molecule has 1 amide bonds. The van der Waals surface area contributed by atoms with E-state index in [2.05, 4.69) is 5.32 Å². The highest BCUT2D eigenvalue weighted by molar-refractivity contribution is 6.33. The molecular weight excluding hydrogens is 381 g/mol. The molecule has 2 aromatic carbocycles. The van der Waals surface area contributed by atoms with Crippen LogP contribution in [-0.2, 0) is 4.79 Å². The minimum Gasteiger partial charge on any atom is -0.455 e. The summed E-state index contributed by atoms with van der Waals surface area (Å²) in [7, 11) is 0. The first-order chi connectivity index (χ1) is 12.9. The number of ether oxygens (including phenoxy) is 1. The van der Waals surface area contributed by atoms with Crippen LogP contribution in [-0.4, -0.2) is 24.7 Å². The first-order valence-corrected chi connectivity index (χ1v) is 8.93. The van der Waals surface area contributed by atoms with E-state index in [1.807, 2.05) is 11.0 Å². The summed E-state index contributed by atoms with van der Waals surface area (Å²) in [6, 6.07) is 11.2. The summed E-state index contributed by atoms with van der Waals surface area (Å²) in [5.74, 6) is -0.849. The smallest absolute Gasteiger partial charge is 0.455 e. The van der Waals surface area contributed by atoms with E-state index < -0.39 is 24.2 Å². The van der Waals surface area contributed by atoms with E-state index in [0.717, 1.165) is 5.56 Å². The zero-order valence-electron chi connectivity index (χ0n) is 14.1. The summed E-state index contributed by atoms with van der Waals surface area (Å²) in [6.45, 7) is 0.595. The van der Waals surface area contributed by atoms with Gasteiger partial charge in [-0.25, -0.2) is 0 Å². The van der Waals surface area contributed by atoms with Gasteiger partial charge in [0.1, 0.15) is 5.75 Å². The van der Waals surface area contributed by atoms with E-state index in [1.54, 1.807) is 36.4 Å². The molecule has 1 fully saturated rings. The molecule has 4 nitrogen and oxygen atoms in total. The van der Waals surface area contributed by atoms with Crippen molar-refractivity contribution in [1.29, 1.82) is 0 Å². The molecule has 0 radical (unpaired) electrons. The van der Waals surface area contributed by atoms with Crippen molar-refractivity contribution in [2.24, 2.45) is 0 Å². The van der Waals surface area contributed by atoms with Crippen LogP contribution in [0.2, 0.25) is 5.02 Å². The molecule has 0 saturated carbocycles. The second-order valence-electron chi connectivity index (χ2n) is 6.58. The number of alkyl halides is 3. The number of nitrogens with one attached hydrogen (secondary N) is 1. The van der Waals surface area contributed by atoms with Gasteiger partial charge in [-0.3, -0.25) is 4.79 Å². The Hall–Kier alpha value is -2.41. The maximum atomic E-state index is 12.8. The molecule has 2 aliphatic rings. The van der Waals surface area contributed by atoms with Crippen molar-refractivity contribution in [3.63, 3.8) is 0 Å². The number of para-hydroxylation sites is 2. The lowest BCUT2D eigenvalue weighted by Crippen LogP contribution is -2.52. The van der Waals surface area contributed by atoms with Crippen LogP contribution < -0.4 is 15.0 Å². The highest BCUT2D eigenvalue weighted by Crippen LogP contribution is 2.50. The molecule has 2 aromatic rings. The Morgan fingerprint density at radius 3 is 2.67 bits per heavy atom. The second kappa shape index (κ2) is 6.64. The van der Waals surface area contributed by atoms with Gasteiger partial charge in [0.2, 0.25) is 0 Å². The molecule has 0 aliphatic carbocycles. The molecule has 2 aliphatic heterocycles. The summed E-state index contributed by atoms with van der Waals surface area (Å²) >= 11 is 6.41. The Kier molecular flexibility index (Phi) is 4.42. The van der Waals surface area contributed by atoms with E-state index in [-0.39, 0.29) is 0 Å². The third kappa shape index (κ3) is 3.20. The SMILES string of the molecule is O=C(N[C@@H]1CCCN2c3c(Cl)cccc3Oc3ccccc3[C@H]12)C(F)(F)F. The number of halogens is 4. The molecule has 0 bridgehead atoms. The quantitative estimate of drug-likeness (QED) is 0.750. The minimum atomic E-state index is -4.93. The van der Waals surface area contributed by atoms with E-state index in [0.29, 0.717) is 41.6 Å². The van der Waals surface area contributed by atoms with Crippen LogP contribution >= 0.6 is 11.6 Å². The number of carbonyl (C=O) groups excluding carboxylic acids is 1. The van der Waals surface area contributed by atoms with Crippen LogP contribution in [0.3, 0.4) is 0 Å². The van der Waals surface area contributed by atoms with Gasteiger partial charge >= 0.3 is 12.1 Å². The van der Waals surface area contributed by atoms with Gasteiger partial charge < -0.3 is 15.0 Å². The lowest BCUT2D eigenvalue weighted by atomic mass is 9.89. The molecule has 27 heavy (non-hydrogen) atoms. The van der Waals surface area contributed by atoms with Crippen molar-refractivity contribution < 1.29 is 22.7 Å². The van der Waals surface area contributed by atoms with Gasteiger partial charge in [-0.2, -0.15) is 13.2 Å². The van der Waals surface area contributed by atoms with Crippen LogP contribution in [0.4, 0.5) is 18.9 Å². The molecule has 2 heterocycles. The number of benzene rings is 2. The zero-order chi connectivity index (χ0) is 19.2. The normalized spacial score (nSPS) is 21.3. The molecule has 142 valence electrons. The number of rotatable bonds is 1. The maximum absolute atomic E-state index is 12.8. The lowest BCUT2D eigenvalue weighted by molar-refractivity contribution is -0.174. The van der Waals surface area contributed by atoms with E-state index in [9.17, 15) is 18.0 Å². The third-order valence-electron chi connectivity index (χ3n) is 4.90. The van der Waals surface area contributed by atoms with E-state index in [1.165, 1.54) is 0 Å². The standard InChI is InChI=1S/C19H16ClF3N2O2/c20-12-6-3-9-15-17(12)25-10-4-7-13(24-18(26)19(21,22)23)16(25)11-5-1-2-8-14(11)27-15/h1-3,5-6,8-9,13,16H,4,7,10H2,(H,24,26)/t13-,16-/m1/s1. The number of carbonyl (C=O) groups is 1. The Balaban J connectivity index is 1.83. The van der Waals surface area contributed by atoms with Crippen molar-refractivity contribution >= 4 is 23.2 Å². The number of fused-ring (bicyclic) bond motifs is 5. The predicted molar refractivity (Wildman–Crippen MR) is 95.3 cm³/mol. The van der Waals surface area contributed by atoms with Gasteiger partial charge in [0.15, 0.2) is 5.75 Å². The molecule has 0 unspecified atom stereocenters. The fraction of sp³-hybridized carbons (Fsp3) is 0.316. The average molecular weight is 397 g/mol. The van der Waals surface area contributed by atoms with Crippen LogP contribution in [0.1, 0.15) is 24.4 Å². The topological polar surface area (TPSA) is 41.6 Å². The number of anilines is 1. The zero-order valence-corrected chi connectivity index (χ0v) is 14.8. The molecule has 4 rings (SSSR count). The van der Waals surface area contributed by atoms with Gasteiger partial charge in [-0.1, -0.05) is 35.9 Å². The van der Waals surface area contributed by atoms with Crippen LogP contribution in [0.15, 0.2) is 42.5 Å². The van der Waals surface area contributed by atoms with Gasteiger partial charge in [0, 0.05) is 12.1 Å². The van der Waals surface area contributed by atoms with Crippen molar-refractivity contribution in [3.05, 3.63) is 53.1 Å². The maximum Gasteiger partial charge on any atom is 0.471 e. The third-order valence-corrected chi connectivity index (χ3v) is 5.20. The summed E-state index contributed by atoms with van der Waals surface area (Å²) in [4.78, 5) is 13.5. The monoisotopic (exact) mass is 396 g/mol. The highest BCUT2D eigenvalue weighted by Gasteiger charge is 2.44. The van der Waals surface area contributed by atoms with E-state index >= 15 is 0 Å². The molecular formula is C19H16ClF3N2O2. The van der Waals surface area contributed by atoms with Crippen molar-refractivity contribution in [3.8, 4) is 11.5 Å². The molecule has 0 spiro atoms. The molecule has 2 atom stereocenters. The fourth-order valence-corrected chi connectivity index (χ4v) is 4.10. The summed E-state index contributed by atoms with van der Waals surface area (Å²) in [5.41, 5.74) is 1.35. The summed E-state index contributed by atoms with van der Waals surface area (Å²) in [6.07, 6.45) is -3.89. The number of hydrogen-bond donors (Lipinski definition) is 1. The number of nitrogens with zero attached hydrogens (tertiary/aromatic N) is 1. The van der Waals surface area contributed by atoms with Gasteiger partial charge in [-0.15, -0.1) is 0 Å². The molecule has 8 heteroatoms. The average Bonchev–Trinajstić information content (AvgIpc) is 2.76. The largest absolute Gasteiger partial charge is 0.471 e. The van der Waals surface area contributed by atoms with Crippen LogP contribution in [0.5, 0.6) is 11.5 Å². The second-order valence-corrected chi connectivity index (χ2v) is 6.99. The molecule has 1 N–H and O–H groups in total. The van der Waals surface area contributed by atoms with Crippen LogP contribution in [0.25, 0.3) is 0 Å². The van der Waals surface area contributed by atoms with E-state index in [4.69, 9.17) is 16.3 Å². The van der Waals surface area contributed by atoms with Crippen LogP contribution in [0, 0.1) is 0 Å². The summed E-state index contributed by atoms with van der Waals surface area (Å²) in [5, 5.41) is 2.62. The van der Waals surface area contributed by atoms with Gasteiger partial charge in [-0.05, 0) is 31.0 Å². The Morgan fingerprint density at radius 1 is 1.15 bits per heavy atom. The minimum absolute atomic E-state index is 0.428. The van der Waals surface area contributed by atoms with Crippen molar-refractivity contribution in [2.45, 2.75) is 31.1 Å². The Labute approximate surface area is 158 Å². The van der Waals surface area contributed by atoms with Crippen molar-refractivity contribution in [2.75, 3.05) is 11.4 Å². The highest BCUT2D eigenvalue weighted by atomic mass is 35.5. The number of amides is 1. The number of piperidine rings is 1. The van der Waals surface area contributed by atoms with Gasteiger partial charge in [0.25, 0.3) is 0 Å². The lowest BCUT2D eigenvalue weighted by Gasteiger charge is -2.42.